The standard InChI is InChI=1S/C33H26Cl2N4OS/c34-25-12-9-22(10-13-25)32-28(21-37-15-17-38(18-16-37)33(40)26-6-2-3-7-27(26)35)39-20-24(11-14-31(39)36-32)30-19-23-5-1-4-8-29(23)41-30/h1-14,19-20H,15-18,21H2. The molecule has 1 saturated heterocycles. The average molecular weight is 598 g/mol. The predicted molar refractivity (Wildman–Crippen MR) is 169 cm³/mol. The van der Waals surface area contributed by atoms with Crippen molar-refractivity contribution >= 4 is 56.2 Å². The Balaban J connectivity index is 1.21. The Morgan fingerprint density at radius 2 is 1.56 bits per heavy atom. The fraction of sp³-hybridized carbons (Fsp3) is 0.152. The Bertz CT molecular complexity index is 1850. The first-order valence-corrected chi connectivity index (χ1v) is 15.1. The van der Waals surface area contributed by atoms with Crippen LogP contribution in [0.5, 0.6) is 0 Å². The van der Waals surface area contributed by atoms with Crippen molar-refractivity contribution in [1.82, 2.24) is 19.2 Å². The highest BCUT2D eigenvalue weighted by molar-refractivity contribution is 7.22. The molecule has 3 aromatic carbocycles. The highest BCUT2D eigenvalue weighted by Crippen LogP contribution is 2.35. The summed E-state index contributed by atoms with van der Waals surface area (Å²) in [5.74, 6) is -0.0140. The van der Waals surface area contributed by atoms with E-state index in [-0.39, 0.29) is 5.91 Å². The van der Waals surface area contributed by atoms with Gasteiger partial charge >= 0.3 is 0 Å². The Morgan fingerprint density at radius 3 is 2.34 bits per heavy atom. The number of nitrogens with zero attached hydrogens (tertiary/aromatic N) is 4. The molecule has 0 atom stereocenters. The van der Waals surface area contributed by atoms with Gasteiger partial charge in [-0.1, -0.05) is 65.7 Å². The van der Waals surface area contributed by atoms with Crippen LogP contribution in [0.25, 0.3) is 37.4 Å². The van der Waals surface area contributed by atoms with E-state index in [9.17, 15) is 4.79 Å². The van der Waals surface area contributed by atoms with E-state index in [4.69, 9.17) is 28.2 Å². The second-order valence-corrected chi connectivity index (χ2v) is 12.2. The number of hydrogen-bond acceptors (Lipinski definition) is 4. The number of carbonyl (C=O) groups excluding carboxylic acids is 1. The van der Waals surface area contributed by atoms with E-state index in [0.717, 1.165) is 41.3 Å². The van der Waals surface area contributed by atoms with Crippen LogP contribution in [0.2, 0.25) is 10.0 Å². The molecule has 5 nitrogen and oxygen atoms in total. The first-order chi connectivity index (χ1) is 20.0. The summed E-state index contributed by atoms with van der Waals surface area (Å²) in [4.78, 5) is 23.7. The van der Waals surface area contributed by atoms with E-state index < -0.39 is 0 Å². The molecule has 0 spiro atoms. The Morgan fingerprint density at radius 1 is 0.829 bits per heavy atom. The van der Waals surface area contributed by atoms with Gasteiger partial charge in [0.1, 0.15) is 5.65 Å². The van der Waals surface area contributed by atoms with E-state index in [1.54, 1.807) is 23.5 Å². The van der Waals surface area contributed by atoms with Crippen LogP contribution in [0.15, 0.2) is 97.2 Å². The zero-order valence-electron chi connectivity index (χ0n) is 22.1. The molecule has 7 rings (SSSR count). The van der Waals surface area contributed by atoms with Crippen molar-refractivity contribution < 1.29 is 4.79 Å². The van der Waals surface area contributed by atoms with Crippen molar-refractivity contribution in [3.8, 4) is 21.7 Å². The molecule has 1 aliphatic heterocycles. The molecule has 204 valence electrons. The highest BCUT2D eigenvalue weighted by Gasteiger charge is 2.25. The summed E-state index contributed by atoms with van der Waals surface area (Å²) in [5.41, 5.74) is 5.73. The molecule has 3 aromatic heterocycles. The third kappa shape index (κ3) is 5.13. The van der Waals surface area contributed by atoms with Crippen LogP contribution in [0, 0.1) is 0 Å². The summed E-state index contributed by atoms with van der Waals surface area (Å²) in [5, 5.41) is 2.45. The van der Waals surface area contributed by atoms with E-state index in [0.29, 0.717) is 35.2 Å². The molecule has 4 heterocycles. The van der Waals surface area contributed by atoms with Crippen LogP contribution in [0.3, 0.4) is 0 Å². The van der Waals surface area contributed by atoms with Crippen LogP contribution >= 0.6 is 34.5 Å². The number of piperazine rings is 1. The smallest absolute Gasteiger partial charge is 0.255 e. The lowest BCUT2D eigenvalue weighted by molar-refractivity contribution is 0.0627. The maximum atomic E-state index is 13.1. The quantitative estimate of drug-likeness (QED) is 0.201. The van der Waals surface area contributed by atoms with Gasteiger partial charge < -0.3 is 9.30 Å². The molecular weight excluding hydrogens is 571 g/mol. The molecule has 0 saturated carbocycles. The number of rotatable bonds is 5. The van der Waals surface area contributed by atoms with Gasteiger partial charge in [-0.05, 0) is 53.9 Å². The molecule has 1 amide bonds. The predicted octanol–water partition coefficient (Wildman–Crippen LogP) is 8.15. The maximum absolute atomic E-state index is 13.1. The van der Waals surface area contributed by atoms with E-state index in [2.05, 4.69) is 58.0 Å². The van der Waals surface area contributed by atoms with Crippen LogP contribution in [0.1, 0.15) is 16.1 Å². The van der Waals surface area contributed by atoms with Gasteiger partial charge in [-0.3, -0.25) is 9.69 Å². The monoisotopic (exact) mass is 596 g/mol. The molecule has 1 aliphatic rings. The lowest BCUT2D eigenvalue weighted by Crippen LogP contribution is -2.48. The minimum Gasteiger partial charge on any atom is -0.336 e. The normalized spacial score (nSPS) is 14.2. The summed E-state index contributed by atoms with van der Waals surface area (Å²) in [6, 6.07) is 30.1. The lowest BCUT2D eigenvalue weighted by atomic mass is 10.1. The molecule has 8 heteroatoms. The summed E-state index contributed by atoms with van der Waals surface area (Å²) in [6.07, 6.45) is 2.21. The maximum Gasteiger partial charge on any atom is 0.255 e. The summed E-state index contributed by atoms with van der Waals surface area (Å²) >= 11 is 14.3. The van der Waals surface area contributed by atoms with Crippen molar-refractivity contribution in [1.29, 1.82) is 0 Å². The number of aromatic nitrogens is 2. The van der Waals surface area contributed by atoms with Crippen LogP contribution in [-0.4, -0.2) is 51.3 Å². The summed E-state index contributed by atoms with van der Waals surface area (Å²) < 4.78 is 3.50. The largest absolute Gasteiger partial charge is 0.336 e. The lowest BCUT2D eigenvalue weighted by Gasteiger charge is -2.35. The topological polar surface area (TPSA) is 40.9 Å². The number of imidazole rings is 1. The molecule has 0 bridgehead atoms. The molecule has 1 fully saturated rings. The number of halogens is 2. The number of hydrogen-bond donors (Lipinski definition) is 0. The first-order valence-electron chi connectivity index (χ1n) is 13.6. The fourth-order valence-corrected chi connectivity index (χ4v) is 6.87. The zero-order valence-corrected chi connectivity index (χ0v) is 24.5. The van der Waals surface area contributed by atoms with Gasteiger partial charge in [-0.15, -0.1) is 11.3 Å². The van der Waals surface area contributed by atoms with Gasteiger partial charge in [0.25, 0.3) is 5.91 Å². The highest BCUT2D eigenvalue weighted by atomic mass is 35.5. The van der Waals surface area contributed by atoms with Gasteiger partial charge in [-0.2, -0.15) is 0 Å². The SMILES string of the molecule is O=C(c1ccccc1Cl)N1CCN(Cc2c(-c3ccc(Cl)cc3)nc3ccc(-c4cc5ccccc5s4)cn23)CC1. The number of thiophene rings is 1. The molecule has 41 heavy (non-hydrogen) atoms. The molecule has 0 unspecified atom stereocenters. The average Bonchev–Trinajstić information content (AvgIpc) is 3.59. The van der Waals surface area contributed by atoms with Gasteiger partial charge in [0.2, 0.25) is 0 Å². The van der Waals surface area contributed by atoms with E-state index >= 15 is 0 Å². The summed E-state index contributed by atoms with van der Waals surface area (Å²) in [7, 11) is 0. The van der Waals surface area contributed by atoms with Crippen LogP contribution < -0.4 is 0 Å². The fourth-order valence-electron chi connectivity index (χ4n) is 5.48. The Kier molecular flexibility index (Phi) is 7.01. The Hall–Kier alpha value is -3.68. The van der Waals surface area contributed by atoms with Gasteiger partial charge in [0.15, 0.2) is 0 Å². The number of pyridine rings is 1. The minimum atomic E-state index is -0.0140. The van der Waals surface area contributed by atoms with Gasteiger partial charge in [0, 0.05) is 64.6 Å². The Labute approximate surface area is 252 Å². The first kappa shape index (κ1) is 26.2. The third-order valence-electron chi connectivity index (χ3n) is 7.68. The summed E-state index contributed by atoms with van der Waals surface area (Å²) in [6.45, 7) is 3.52. The van der Waals surface area contributed by atoms with E-state index in [1.807, 2.05) is 41.3 Å². The van der Waals surface area contributed by atoms with Crippen molar-refractivity contribution in [3.05, 3.63) is 118 Å². The van der Waals surface area contributed by atoms with Crippen molar-refractivity contribution in [2.75, 3.05) is 26.2 Å². The zero-order chi connectivity index (χ0) is 27.9. The second-order valence-electron chi connectivity index (χ2n) is 10.3. The van der Waals surface area contributed by atoms with Crippen LogP contribution in [0.4, 0.5) is 0 Å². The van der Waals surface area contributed by atoms with Crippen molar-refractivity contribution in [3.63, 3.8) is 0 Å². The van der Waals surface area contributed by atoms with Crippen molar-refractivity contribution in [2.24, 2.45) is 0 Å². The third-order valence-corrected chi connectivity index (χ3v) is 9.43. The van der Waals surface area contributed by atoms with E-state index in [1.165, 1.54) is 15.0 Å². The minimum absolute atomic E-state index is 0.0140. The number of fused-ring (bicyclic) bond motifs is 2. The number of carbonyl (C=O) groups is 1. The number of benzene rings is 3. The molecule has 0 N–H and O–H groups in total. The number of amides is 1. The van der Waals surface area contributed by atoms with Crippen LogP contribution in [-0.2, 0) is 6.54 Å². The molecule has 0 aliphatic carbocycles. The molecule has 6 aromatic rings. The second kappa shape index (κ2) is 11.0. The molecule has 0 radical (unpaired) electrons. The van der Waals surface area contributed by atoms with Gasteiger partial charge in [0.05, 0.1) is 22.0 Å². The van der Waals surface area contributed by atoms with Crippen molar-refractivity contribution in [2.45, 2.75) is 6.54 Å². The van der Waals surface area contributed by atoms with Gasteiger partial charge in [-0.25, -0.2) is 4.98 Å². The molecular formula is C33H26Cl2N4OS.